The first-order chi connectivity index (χ1) is 7.99. The first-order valence-corrected chi connectivity index (χ1v) is 6.95. The highest BCUT2D eigenvalue weighted by Gasteiger charge is 2.19. The molecule has 1 amide bonds. The molecular weight excluding hydrogens is 212 g/mol. The summed E-state index contributed by atoms with van der Waals surface area (Å²) in [6.45, 7) is 10.4. The number of likely N-dealkylation sites (tertiary alicyclic amines) is 1. The average molecular weight is 240 g/mol. The van der Waals surface area contributed by atoms with E-state index in [1.165, 1.54) is 12.8 Å². The Kier molecular flexibility index (Phi) is 5.96. The quantitative estimate of drug-likeness (QED) is 0.735. The van der Waals surface area contributed by atoms with Gasteiger partial charge in [-0.25, -0.2) is 0 Å². The number of carbonyl (C=O) groups excluding carboxylic acids is 1. The van der Waals surface area contributed by atoms with Crippen LogP contribution in [-0.2, 0) is 4.79 Å². The molecule has 1 fully saturated rings. The molecule has 3 nitrogen and oxygen atoms in total. The van der Waals surface area contributed by atoms with Crippen LogP contribution in [-0.4, -0.2) is 48.9 Å². The largest absolute Gasteiger partial charge is 0.345 e. The second-order valence-corrected chi connectivity index (χ2v) is 5.96. The second-order valence-electron chi connectivity index (χ2n) is 5.96. The Labute approximate surface area is 106 Å². The maximum absolute atomic E-state index is 12.0. The van der Waals surface area contributed by atoms with Gasteiger partial charge in [-0.15, -0.1) is 0 Å². The Hall–Kier alpha value is -0.570. The van der Waals surface area contributed by atoms with Crippen molar-refractivity contribution in [2.24, 2.45) is 11.8 Å². The van der Waals surface area contributed by atoms with Crippen LogP contribution in [0, 0.1) is 11.8 Å². The van der Waals surface area contributed by atoms with Crippen LogP contribution in [0.2, 0.25) is 0 Å². The van der Waals surface area contributed by atoms with Gasteiger partial charge in [0, 0.05) is 13.6 Å². The predicted molar refractivity (Wildman–Crippen MR) is 71.9 cm³/mol. The molecule has 0 spiro atoms. The molecule has 0 aromatic carbocycles. The zero-order valence-electron chi connectivity index (χ0n) is 11.9. The van der Waals surface area contributed by atoms with E-state index < -0.39 is 0 Å². The zero-order chi connectivity index (χ0) is 12.8. The van der Waals surface area contributed by atoms with Crippen molar-refractivity contribution in [3.8, 4) is 0 Å². The van der Waals surface area contributed by atoms with Crippen LogP contribution in [0.3, 0.4) is 0 Å². The third kappa shape index (κ3) is 5.53. The van der Waals surface area contributed by atoms with Gasteiger partial charge in [-0.2, -0.15) is 0 Å². The van der Waals surface area contributed by atoms with Gasteiger partial charge in [-0.05, 0) is 44.2 Å². The highest BCUT2D eigenvalue weighted by molar-refractivity contribution is 5.77. The van der Waals surface area contributed by atoms with Crippen molar-refractivity contribution < 1.29 is 4.79 Å². The van der Waals surface area contributed by atoms with Crippen molar-refractivity contribution in [1.82, 2.24) is 9.80 Å². The molecule has 0 aromatic rings. The lowest BCUT2D eigenvalue weighted by Crippen LogP contribution is -2.42. The summed E-state index contributed by atoms with van der Waals surface area (Å²) in [4.78, 5) is 16.2. The molecular formula is C14H28N2O. The van der Waals surface area contributed by atoms with E-state index in [4.69, 9.17) is 0 Å². The van der Waals surface area contributed by atoms with Crippen LogP contribution in [0.15, 0.2) is 0 Å². The molecule has 1 heterocycles. The Morgan fingerprint density at radius 2 is 1.94 bits per heavy atom. The number of amides is 1. The lowest BCUT2D eigenvalue weighted by Gasteiger charge is -2.31. The molecule has 0 saturated carbocycles. The normalized spacial score (nSPS) is 18.6. The van der Waals surface area contributed by atoms with Gasteiger partial charge in [-0.1, -0.05) is 20.8 Å². The SMILES string of the molecule is CC(C)CCN(C)C(=O)CN1CCC(C)CC1. The second kappa shape index (κ2) is 7.00. The van der Waals surface area contributed by atoms with Crippen molar-refractivity contribution >= 4 is 5.91 Å². The number of piperidine rings is 1. The fraction of sp³-hybridized carbons (Fsp3) is 0.929. The van der Waals surface area contributed by atoms with Crippen LogP contribution in [0.5, 0.6) is 0 Å². The summed E-state index contributed by atoms with van der Waals surface area (Å²) in [6, 6.07) is 0. The molecule has 0 radical (unpaired) electrons. The fourth-order valence-electron chi connectivity index (χ4n) is 2.11. The smallest absolute Gasteiger partial charge is 0.236 e. The Morgan fingerprint density at radius 3 is 2.47 bits per heavy atom. The summed E-state index contributed by atoms with van der Waals surface area (Å²) < 4.78 is 0. The van der Waals surface area contributed by atoms with Crippen LogP contribution < -0.4 is 0 Å². The fourth-order valence-corrected chi connectivity index (χ4v) is 2.11. The molecule has 1 aliphatic heterocycles. The van der Waals surface area contributed by atoms with Gasteiger partial charge in [0.2, 0.25) is 5.91 Å². The molecule has 1 rings (SSSR count). The molecule has 1 aliphatic rings. The molecule has 0 atom stereocenters. The van der Waals surface area contributed by atoms with E-state index in [9.17, 15) is 4.79 Å². The van der Waals surface area contributed by atoms with Crippen molar-refractivity contribution in [2.75, 3.05) is 33.2 Å². The van der Waals surface area contributed by atoms with Gasteiger partial charge in [0.1, 0.15) is 0 Å². The van der Waals surface area contributed by atoms with Crippen LogP contribution >= 0.6 is 0 Å². The monoisotopic (exact) mass is 240 g/mol. The van der Waals surface area contributed by atoms with Gasteiger partial charge < -0.3 is 4.90 Å². The van der Waals surface area contributed by atoms with E-state index >= 15 is 0 Å². The number of hydrogen-bond donors (Lipinski definition) is 0. The van der Waals surface area contributed by atoms with Gasteiger partial charge in [0.05, 0.1) is 6.54 Å². The van der Waals surface area contributed by atoms with Gasteiger partial charge in [0.15, 0.2) is 0 Å². The van der Waals surface area contributed by atoms with Crippen LogP contribution in [0.1, 0.15) is 40.0 Å². The van der Waals surface area contributed by atoms with Crippen molar-refractivity contribution in [2.45, 2.75) is 40.0 Å². The highest BCUT2D eigenvalue weighted by Crippen LogP contribution is 2.15. The Morgan fingerprint density at radius 1 is 1.35 bits per heavy atom. The average Bonchev–Trinajstić information content (AvgIpc) is 2.28. The first kappa shape index (κ1) is 14.5. The summed E-state index contributed by atoms with van der Waals surface area (Å²) in [5.41, 5.74) is 0. The predicted octanol–water partition coefficient (Wildman–Crippen LogP) is 2.22. The topological polar surface area (TPSA) is 23.6 Å². The third-order valence-corrected chi connectivity index (χ3v) is 3.70. The van der Waals surface area contributed by atoms with Gasteiger partial charge in [0.25, 0.3) is 0 Å². The minimum Gasteiger partial charge on any atom is -0.345 e. The molecule has 17 heavy (non-hydrogen) atoms. The lowest BCUT2D eigenvalue weighted by molar-refractivity contribution is -0.131. The minimum absolute atomic E-state index is 0.278. The summed E-state index contributed by atoms with van der Waals surface area (Å²) in [5.74, 6) is 1.78. The summed E-state index contributed by atoms with van der Waals surface area (Å²) in [7, 11) is 1.93. The highest BCUT2D eigenvalue weighted by atomic mass is 16.2. The molecule has 0 aromatic heterocycles. The number of hydrogen-bond acceptors (Lipinski definition) is 2. The third-order valence-electron chi connectivity index (χ3n) is 3.70. The zero-order valence-corrected chi connectivity index (χ0v) is 11.9. The Bertz CT molecular complexity index is 232. The summed E-state index contributed by atoms with van der Waals surface area (Å²) in [5, 5.41) is 0. The van der Waals surface area contributed by atoms with Crippen molar-refractivity contribution in [3.63, 3.8) is 0 Å². The molecule has 3 heteroatoms. The lowest BCUT2D eigenvalue weighted by atomic mass is 9.99. The van der Waals surface area contributed by atoms with E-state index in [0.717, 1.165) is 32.0 Å². The first-order valence-electron chi connectivity index (χ1n) is 6.95. The maximum Gasteiger partial charge on any atom is 0.236 e. The van der Waals surface area contributed by atoms with E-state index in [1.54, 1.807) is 0 Å². The number of carbonyl (C=O) groups is 1. The summed E-state index contributed by atoms with van der Waals surface area (Å²) >= 11 is 0. The van der Waals surface area contributed by atoms with E-state index in [-0.39, 0.29) is 5.91 Å². The number of likely N-dealkylation sites (N-methyl/N-ethyl adjacent to an activating group) is 1. The molecule has 0 bridgehead atoms. The summed E-state index contributed by atoms with van der Waals surface area (Å²) in [6.07, 6.45) is 3.57. The number of rotatable bonds is 5. The standard InChI is InChI=1S/C14H28N2O/c1-12(2)5-8-15(4)14(17)11-16-9-6-13(3)7-10-16/h12-13H,5-11H2,1-4H3. The van der Waals surface area contributed by atoms with Crippen LogP contribution in [0.25, 0.3) is 0 Å². The van der Waals surface area contributed by atoms with Gasteiger partial charge >= 0.3 is 0 Å². The number of nitrogens with zero attached hydrogens (tertiary/aromatic N) is 2. The van der Waals surface area contributed by atoms with E-state index in [0.29, 0.717) is 12.5 Å². The molecule has 1 saturated heterocycles. The van der Waals surface area contributed by atoms with E-state index in [1.807, 2.05) is 11.9 Å². The minimum atomic E-state index is 0.278. The van der Waals surface area contributed by atoms with Crippen LogP contribution in [0.4, 0.5) is 0 Å². The molecule has 0 unspecified atom stereocenters. The van der Waals surface area contributed by atoms with Crippen molar-refractivity contribution in [1.29, 1.82) is 0 Å². The van der Waals surface area contributed by atoms with Crippen molar-refractivity contribution in [3.05, 3.63) is 0 Å². The molecule has 0 aliphatic carbocycles. The van der Waals surface area contributed by atoms with E-state index in [2.05, 4.69) is 25.7 Å². The Balaban J connectivity index is 2.23. The maximum atomic E-state index is 12.0. The molecule has 100 valence electrons. The molecule has 0 N–H and O–H groups in total. The van der Waals surface area contributed by atoms with Gasteiger partial charge in [-0.3, -0.25) is 9.69 Å².